The summed E-state index contributed by atoms with van der Waals surface area (Å²) >= 11 is 3.47. The number of rotatable bonds is 6. The first-order valence-corrected chi connectivity index (χ1v) is 9.46. The second kappa shape index (κ2) is 11.6. The number of benzene rings is 1. The maximum absolute atomic E-state index is 11.5. The van der Waals surface area contributed by atoms with Crippen LogP contribution in [-0.4, -0.2) is 51.3 Å². The lowest BCUT2D eigenvalue weighted by Gasteiger charge is -2.20. The Morgan fingerprint density at radius 3 is 2.73 bits per heavy atom. The van der Waals surface area contributed by atoms with Crippen LogP contribution in [0.2, 0.25) is 0 Å². The van der Waals surface area contributed by atoms with Gasteiger partial charge in [0.15, 0.2) is 5.96 Å². The van der Waals surface area contributed by atoms with Crippen LogP contribution < -0.4 is 15.5 Å². The summed E-state index contributed by atoms with van der Waals surface area (Å²) in [5.74, 6) is 0.270. The Balaban J connectivity index is 0.00000338. The number of carbonyl (C=O) groups excluding carboxylic acids is 1. The Labute approximate surface area is 181 Å². The molecule has 0 amide bonds. The highest BCUT2D eigenvalue weighted by Gasteiger charge is 2.23. The maximum Gasteiger partial charge on any atom is 0.310 e. The predicted octanol–water partition coefficient (Wildman–Crippen LogP) is 3.01. The van der Waals surface area contributed by atoms with Crippen molar-refractivity contribution in [2.24, 2.45) is 10.9 Å². The van der Waals surface area contributed by atoms with Gasteiger partial charge in [-0.3, -0.25) is 9.79 Å². The van der Waals surface area contributed by atoms with Gasteiger partial charge in [0.05, 0.1) is 19.6 Å². The van der Waals surface area contributed by atoms with Gasteiger partial charge in [-0.2, -0.15) is 0 Å². The summed E-state index contributed by atoms with van der Waals surface area (Å²) in [6.07, 6.45) is 1.05. The molecule has 146 valence electrons. The standard InChI is InChI=1S/C18H27BrN4O2.HI/c1-4-20-18(21-11-13(2)17(24)25-3)22-15-9-10-23(12-15)16-7-5-14(19)6-8-16;/h5-8,13,15H,4,9-12H2,1-3H3,(H2,20,21,22);1H. The van der Waals surface area contributed by atoms with Crippen molar-refractivity contribution in [3.8, 4) is 0 Å². The predicted molar refractivity (Wildman–Crippen MR) is 120 cm³/mol. The van der Waals surface area contributed by atoms with Crippen molar-refractivity contribution in [2.75, 3.05) is 38.2 Å². The lowest BCUT2D eigenvalue weighted by atomic mass is 10.2. The van der Waals surface area contributed by atoms with E-state index in [9.17, 15) is 4.79 Å². The molecule has 1 saturated heterocycles. The summed E-state index contributed by atoms with van der Waals surface area (Å²) in [4.78, 5) is 18.4. The molecule has 1 fully saturated rings. The molecule has 1 heterocycles. The molecule has 0 aromatic heterocycles. The van der Waals surface area contributed by atoms with E-state index in [2.05, 4.69) is 60.7 Å². The van der Waals surface area contributed by atoms with Crippen LogP contribution in [0.3, 0.4) is 0 Å². The van der Waals surface area contributed by atoms with Crippen molar-refractivity contribution in [3.63, 3.8) is 0 Å². The first kappa shape index (κ1) is 23.0. The normalized spacial score (nSPS) is 18.1. The highest BCUT2D eigenvalue weighted by molar-refractivity contribution is 14.0. The first-order valence-electron chi connectivity index (χ1n) is 8.66. The van der Waals surface area contributed by atoms with Crippen LogP contribution in [0.5, 0.6) is 0 Å². The number of nitrogens with one attached hydrogen (secondary N) is 2. The van der Waals surface area contributed by atoms with E-state index in [1.165, 1.54) is 12.8 Å². The summed E-state index contributed by atoms with van der Waals surface area (Å²) in [6, 6.07) is 8.72. The van der Waals surface area contributed by atoms with Gasteiger partial charge in [-0.1, -0.05) is 22.9 Å². The van der Waals surface area contributed by atoms with Crippen LogP contribution >= 0.6 is 39.9 Å². The van der Waals surface area contributed by atoms with Gasteiger partial charge < -0.3 is 20.3 Å². The van der Waals surface area contributed by atoms with Gasteiger partial charge in [-0.15, -0.1) is 24.0 Å². The molecule has 0 spiro atoms. The van der Waals surface area contributed by atoms with Crippen LogP contribution in [0.1, 0.15) is 20.3 Å². The third-order valence-corrected chi connectivity index (χ3v) is 4.72. The smallest absolute Gasteiger partial charge is 0.310 e. The fourth-order valence-corrected chi connectivity index (χ4v) is 3.05. The Morgan fingerprint density at radius 2 is 2.12 bits per heavy atom. The van der Waals surface area contributed by atoms with E-state index in [4.69, 9.17) is 4.74 Å². The third kappa shape index (κ3) is 6.94. The van der Waals surface area contributed by atoms with Gasteiger partial charge in [0.1, 0.15) is 0 Å². The molecule has 2 atom stereocenters. The highest BCUT2D eigenvalue weighted by atomic mass is 127. The monoisotopic (exact) mass is 538 g/mol. The maximum atomic E-state index is 11.5. The molecule has 8 heteroatoms. The number of methoxy groups -OCH3 is 1. The molecule has 2 rings (SSSR count). The molecule has 0 radical (unpaired) electrons. The Morgan fingerprint density at radius 1 is 1.42 bits per heavy atom. The summed E-state index contributed by atoms with van der Waals surface area (Å²) in [6.45, 7) is 6.98. The molecule has 1 aliphatic heterocycles. The van der Waals surface area contributed by atoms with Crippen molar-refractivity contribution in [1.29, 1.82) is 0 Å². The Bertz CT molecular complexity index is 597. The van der Waals surface area contributed by atoms with Gasteiger partial charge in [0.25, 0.3) is 0 Å². The summed E-state index contributed by atoms with van der Waals surface area (Å²) < 4.78 is 5.84. The first-order chi connectivity index (χ1) is 12.0. The van der Waals surface area contributed by atoms with Crippen molar-refractivity contribution in [3.05, 3.63) is 28.7 Å². The molecule has 0 saturated carbocycles. The van der Waals surface area contributed by atoms with Crippen molar-refractivity contribution in [2.45, 2.75) is 26.3 Å². The molecule has 0 bridgehead atoms. The number of esters is 1. The van der Waals surface area contributed by atoms with E-state index >= 15 is 0 Å². The number of hydrogen-bond acceptors (Lipinski definition) is 4. The van der Waals surface area contributed by atoms with Crippen LogP contribution in [0, 0.1) is 5.92 Å². The van der Waals surface area contributed by atoms with Gasteiger partial charge in [-0.05, 0) is 37.6 Å². The van der Waals surface area contributed by atoms with E-state index in [1.54, 1.807) is 0 Å². The molecule has 26 heavy (non-hydrogen) atoms. The topological polar surface area (TPSA) is 66.0 Å². The second-order valence-corrected chi connectivity index (χ2v) is 7.11. The van der Waals surface area contributed by atoms with Crippen molar-refractivity contribution < 1.29 is 9.53 Å². The van der Waals surface area contributed by atoms with Crippen molar-refractivity contribution >= 4 is 57.5 Å². The second-order valence-electron chi connectivity index (χ2n) is 6.20. The quantitative estimate of drug-likeness (QED) is 0.252. The van der Waals surface area contributed by atoms with Crippen LogP contribution in [0.25, 0.3) is 0 Å². The Hall–Kier alpha value is -1.03. The SMILES string of the molecule is CCNC(=NCC(C)C(=O)OC)NC1CCN(c2ccc(Br)cc2)C1.I. The fraction of sp³-hybridized carbons (Fsp3) is 0.556. The van der Waals surface area contributed by atoms with Crippen molar-refractivity contribution in [1.82, 2.24) is 10.6 Å². The number of ether oxygens (including phenoxy) is 1. The number of carbonyl (C=O) groups is 1. The van der Waals surface area contributed by atoms with Crippen LogP contribution in [0.4, 0.5) is 5.69 Å². The number of guanidine groups is 1. The van der Waals surface area contributed by atoms with Gasteiger partial charge >= 0.3 is 5.97 Å². The lowest BCUT2D eigenvalue weighted by Crippen LogP contribution is -2.45. The van der Waals surface area contributed by atoms with Crippen LogP contribution in [-0.2, 0) is 9.53 Å². The average Bonchev–Trinajstić information content (AvgIpc) is 3.08. The summed E-state index contributed by atoms with van der Waals surface area (Å²) in [5.41, 5.74) is 1.23. The van der Waals surface area contributed by atoms with E-state index in [0.29, 0.717) is 12.6 Å². The minimum Gasteiger partial charge on any atom is -0.469 e. The summed E-state index contributed by atoms with van der Waals surface area (Å²) in [7, 11) is 1.40. The minimum atomic E-state index is -0.247. The molecule has 1 aliphatic rings. The van der Waals surface area contributed by atoms with Gasteiger partial charge in [-0.25, -0.2) is 0 Å². The molecule has 1 aromatic rings. The molecule has 1 aromatic carbocycles. The van der Waals surface area contributed by atoms with E-state index in [0.717, 1.165) is 36.5 Å². The fourth-order valence-electron chi connectivity index (χ4n) is 2.78. The number of halogens is 2. The lowest BCUT2D eigenvalue weighted by molar-refractivity contribution is -0.144. The molecule has 2 N–H and O–H groups in total. The van der Waals surface area contributed by atoms with Gasteiger partial charge in [0, 0.05) is 35.8 Å². The van der Waals surface area contributed by atoms with Gasteiger partial charge in [0.2, 0.25) is 0 Å². The summed E-state index contributed by atoms with van der Waals surface area (Å²) in [5, 5.41) is 6.72. The average molecular weight is 539 g/mol. The zero-order valence-electron chi connectivity index (χ0n) is 15.5. The number of aliphatic imine (C=N–C) groups is 1. The minimum absolute atomic E-state index is 0. The molecule has 6 nitrogen and oxygen atoms in total. The van der Waals surface area contributed by atoms with E-state index in [1.807, 2.05) is 13.8 Å². The largest absolute Gasteiger partial charge is 0.469 e. The molecular formula is C18H28BrIN4O2. The zero-order valence-corrected chi connectivity index (χ0v) is 19.4. The van der Waals surface area contributed by atoms with E-state index < -0.39 is 0 Å². The Kier molecular flexibility index (Phi) is 10.3. The molecule has 0 aliphatic carbocycles. The third-order valence-electron chi connectivity index (χ3n) is 4.19. The molecular weight excluding hydrogens is 511 g/mol. The molecule has 2 unspecified atom stereocenters. The number of anilines is 1. The van der Waals surface area contributed by atoms with Crippen LogP contribution in [0.15, 0.2) is 33.7 Å². The van der Waals surface area contributed by atoms with E-state index in [-0.39, 0.29) is 35.9 Å². The number of nitrogens with zero attached hydrogens (tertiary/aromatic N) is 2. The highest BCUT2D eigenvalue weighted by Crippen LogP contribution is 2.22. The zero-order chi connectivity index (χ0) is 18.2. The number of hydrogen-bond donors (Lipinski definition) is 2.